The van der Waals surface area contributed by atoms with Crippen LogP contribution in [0, 0.1) is 13.8 Å². The van der Waals surface area contributed by atoms with E-state index in [9.17, 15) is 28.8 Å². The molecule has 12 nitrogen and oxygen atoms in total. The van der Waals surface area contributed by atoms with E-state index >= 15 is 0 Å². The van der Waals surface area contributed by atoms with E-state index in [1.807, 2.05) is 0 Å². The van der Waals surface area contributed by atoms with E-state index in [-0.39, 0.29) is 53.8 Å². The minimum atomic E-state index is -0.718. The standard InChI is InChI=1S/C28H30N4O8S2/c1-13-17(27(37)39-7)23(41-19(13)25(35)31(3)4)29-21(33)15-10-9-11-16(12-15)22(34)30-24-18(28(38)40-8)14(2)20(42-24)26(36)32(5)6/h9-12H,1-8H3,(H,29,33)(H,30,34). The molecule has 0 fully saturated rings. The van der Waals surface area contributed by atoms with Crippen molar-refractivity contribution >= 4 is 68.2 Å². The van der Waals surface area contributed by atoms with E-state index in [1.54, 1.807) is 42.0 Å². The molecule has 222 valence electrons. The van der Waals surface area contributed by atoms with E-state index in [4.69, 9.17) is 9.47 Å². The summed E-state index contributed by atoms with van der Waals surface area (Å²) < 4.78 is 9.72. The molecule has 1 aromatic carbocycles. The summed E-state index contributed by atoms with van der Waals surface area (Å²) in [6.07, 6.45) is 0. The van der Waals surface area contributed by atoms with Gasteiger partial charge in [0, 0.05) is 39.3 Å². The lowest BCUT2D eigenvalue weighted by molar-refractivity contribution is 0.0592. The fourth-order valence-corrected chi connectivity index (χ4v) is 6.29. The summed E-state index contributed by atoms with van der Waals surface area (Å²) in [5, 5.41) is 5.56. The summed E-state index contributed by atoms with van der Waals surface area (Å²) in [6, 6.07) is 5.77. The monoisotopic (exact) mass is 614 g/mol. The lowest BCUT2D eigenvalue weighted by Crippen LogP contribution is -2.21. The van der Waals surface area contributed by atoms with Gasteiger partial charge in [-0.25, -0.2) is 9.59 Å². The SMILES string of the molecule is COC(=O)c1c(NC(=O)c2cccc(C(=O)Nc3sc(C(=O)N(C)C)c(C)c3C(=O)OC)c2)sc(C(=O)N(C)C)c1C. The zero-order chi connectivity index (χ0) is 31.5. The van der Waals surface area contributed by atoms with E-state index in [2.05, 4.69) is 10.6 Å². The van der Waals surface area contributed by atoms with Gasteiger partial charge in [0.1, 0.15) is 10.0 Å². The first kappa shape index (κ1) is 32.0. The van der Waals surface area contributed by atoms with Gasteiger partial charge in [0.25, 0.3) is 23.6 Å². The first-order chi connectivity index (χ1) is 19.7. The molecule has 3 aromatic rings. The topological polar surface area (TPSA) is 151 Å². The zero-order valence-corrected chi connectivity index (χ0v) is 25.9. The molecule has 0 unspecified atom stereocenters. The van der Waals surface area contributed by atoms with Crippen LogP contribution in [0.15, 0.2) is 24.3 Å². The molecule has 0 saturated carbocycles. The Kier molecular flexibility index (Phi) is 9.86. The average Bonchev–Trinajstić information content (AvgIpc) is 3.46. The van der Waals surface area contributed by atoms with Crippen molar-refractivity contribution in [1.29, 1.82) is 0 Å². The highest BCUT2D eigenvalue weighted by Crippen LogP contribution is 2.36. The van der Waals surface area contributed by atoms with Gasteiger partial charge in [-0.1, -0.05) is 6.07 Å². The van der Waals surface area contributed by atoms with Crippen LogP contribution in [0.3, 0.4) is 0 Å². The third-order valence-electron chi connectivity index (χ3n) is 6.11. The summed E-state index contributed by atoms with van der Waals surface area (Å²) >= 11 is 1.88. The number of hydrogen-bond donors (Lipinski definition) is 2. The third kappa shape index (κ3) is 6.34. The number of benzene rings is 1. The van der Waals surface area contributed by atoms with Crippen LogP contribution in [0.2, 0.25) is 0 Å². The number of hydrogen-bond acceptors (Lipinski definition) is 10. The Morgan fingerprint density at radius 2 is 1.02 bits per heavy atom. The summed E-state index contributed by atoms with van der Waals surface area (Å²) in [6.45, 7) is 3.18. The van der Waals surface area contributed by atoms with Gasteiger partial charge in [0.15, 0.2) is 0 Å². The van der Waals surface area contributed by atoms with Crippen LogP contribution < -0.4 is 10.6 Å². The molecule has 2 aromatic heterocycles. The second-order valence-corrected chi connectivity index (χ2v) is 11.4. The van der Waals surface area contributed by atoms with Crippen molar-refractivity contribution in [1.82, 2.24) is 9.80 Å². The lowest BCUT2D eigenvalue weighted by Gasteiger charge is -2.09. The predicted octanol–water partition coefficient (Wildman–Crippen LogP) is 3.91. The van der Waals surface area contributed by atoms with Crippen LogP contribution in [0.25, 0.3) is 0 Å². The molecule has 14 heteroatoms. The molecule has 4 amide bonds. The number of nitrogens with one attached hydrogen (secondary N) is 2. The number of ether oxygens (including phenoxy) is 2. The summed E-state index contributed by atoms with van der Waals surface area (Å²) in [4.78, 5) is 79.9. The molecule has 0 spiro atoms. The molecule has 0 aliphatic heterocycles. The van der Waals surface area contributed by atoms with Crippen molar-refractivity contribution in [2.75, 3.05) is 53.0 Å². The molecule has 42 heavy (non-hydrogen) atoms. The number of anilines is 2. The summed E-state index contributed by atoms with van der Waals surface area (Å²) in [7, 11) is 8.67. The molecule has 0 aliphatic rings. The fraction of sp³-hybridized carbons (Fsp3) is 0.286. The van der Waals surface area contributed by atoms with Crippen molar-refractivity contribution in [3.8, 4) is 0 Å². The summed E-state index contributed by atoms with van der Waals surface area (Å²) in [5.74, 6) is -3.39. The Labute approximate surface area is 250 Å². The highest BCUT2D eigenvalue weighted by Gasteiger charge is 2.29. The van der Waals surface area contributed by atoms with Crippen LogP contribution in [0.4, 0.5) is 10.0 Å². The third-order valence-corrected chi connectivity index (χ3v) is 8.51. The van der Waals surface area contributed by atoms with Crippen LogP contribution in [0.1, 0.15) is 71.9 Å². The number of methoxy groups -OCH3 is 2. The first-order valence-corrected chi connectivity index (χ1v) is 14.0. The highest BCUT2D eigenvalue weighted by atomic mass is 32.1. The normalized spacial score (nSPS) is 10.5. The Hall–Kier alpha value is -4.56. The number of esters is 2. The van der Waals surface area contributed by atoms with Crippen LogP contribution in [-0.2, 0) is 9.47 Å². The van der Waals surface area contributed by atoms with Gasteiger partial charge in [0.05, 0.1) is 35.1 Å². The first-order valence-electron chi connectivity index (χ1n) is 12.3. The number of amides is 4. The smallest absolute Gasteiger partial charge is 0.341 e. The van der Waals surface area contributed by atoms with Crippen molar-refractivity contribution in [3.05, 3.63) is 67.4 Å². The molecule has 0 bridgehead atoms. The van der Waals surface area contributed by atoms with Crippen molar-refractivity contribution in [2.24, 2.45) is 0 Å². The molecular formula is C28H30N4O8S2. The molecule has 0 aliphatic carbocycles. The highest BCUT2D eigenvalue weighted by molar-refractivity contribution is 7.19. The number of thiophene rings is 2. The Morgan fingerprint density at radius 3 is 1.33 bits per heavy atom. The predicted molar refractivity (Wildman–Crippen MR) is 159 cm³/mol. The maximum absolute atomic E-state index is 13.2. The van der Waals surface area contributed by atoms with Gasteiger partial charge >= 0.3 is 11.9 Å². The average molecular weight is 615 g/mol. The molecule has 2 heterocycles. The molecule has 0 saturated heterocycles. The second-order valence-electron chi connectivity index (χ2n) is 9.39. The Bertz CT molecular complexity index is 1490. The number of carbonyl (C=O) groups is 6. The van der Waals surface area contributed by atoms with Crippen LogP contribution in [-0.4, -0.2) is 87.8 Å². The van der Waals surface area contributed by atoms with Crippen LogP contribution in [0.5, 0.6) is 0 Å². The lowest BCUT2D eigenvalue weighted by atomic mass is 10.1. The van der Waals surface area contributed by atoms with Gasteiger partial charge in [-0.15, -0.1) is 22.7 Å². The quantitative estimate of drug-likeness (QED) is 0.363. The summed E-state index contributed by atoms with van der Waals surface area (Å²) in [5.41, 5.74) is 1.03. The van der Waals surface area contributed by atoms with Crippen molar-refractivity contribution in [3.63, 3.8) is 0 Å². The second kappa shape index (κ2) is 13.0. The molecular weight excluding hydrogens is 584 g/mol. The fourth-order valence-electron chi connectivity index (χ4n) is 3.87. The van der Waals surface area contributed by atoms with Crippen LogP contribution >= 0.6 is 22.7 Å². The molecule has 3 rings (SSSR count). The zero-order valence-electron chi connectivity index (χ0n) is 24.3. The largest absolute Gasteiger partial charge is 0.465 e. The molecule has 0 atom stereocenters. The van der Waals surface area contributed by atoms with Gasteiger partial charge in [-0.2, -0.15) is 0 Å². The van der Waals surface area contributed by atoms with Crippen molar-refractivity contribution < 1.29 is 38.2 Å². The minimum absolute atomic E-state index is 0.0569. The Morgan fingerprint density at radius 1 is 0.667 bits per heavy atom. The number of nitrogens with zero attached hydrogens (tertiary/aromatic N) is 2. The maximum atomic E-state index is 13.2. The molecule has 0 radical (unpaired) electrons. The maximum Gasteiger partial charge on any atom is 0.341 e. The van der Waals surface area contributed by atoms with E-state index in [0.717, 1.165) is 22.7 Å². The van der Waals surface area contributed by atoms with Gasteiger partial charge < -0.3 is 29.9 Å². The van der Waals surface area contributed by atoms with Gasteiger partial charge in [0.2, 0.25) is 0 Å². The minimum Gasteiger partial charge on any atom is -0.465 e. The van der Waals surface area contributed by atoms with E-state index < -0.39 is 23.8 Å². The van der Waals surface area contributed by atoms with Gasteiger partial charge in [-0.3, -0.25) is 19.2 Å². The van der Waals surface area contributed by atoms with E-state index in [0.29, 0.717) is 11.1 Å². The van der Waals surface area contributed by atoms with E-state index in [1.165, 1.54) is 48.3 Å². The number of carbonyl (C=O) groups excluding carboxylic acids is 6. The van der Waals surface area contributed by atoms with Crippen molar-refractivity contribution in [2.45, 2.75) is 13.8 Å². The Balaban J connectivity index is 1.93. The van der Waals surface area contributed by atoms with Gasteiger partial charge in [-0.05, 0) is 43.2 Å². The molecule has 2 N–H and O–H groups in total. The number of rotatable bonds is 8.